The van der Waals surface area contributed by atoms with Crippen molar-refractivity contribution in [2.24, 2.45) is 0 Å². The average Bonchev–Trinajstić information content (AvgIpc) is 3.11. The number of carbonyl (C=O) groups is 3. The first kappa shape index (κ1) is 18.0. The molecular weight excluding hydrogens is 359 g/mol. The zero-order chi connectivity index (χ0) is 18.9. The molecule has 2 aromatic rings. The van der Waals surface area contributed by atoms with Crippen molar-refractivity contribution >= 4 is 29.2 Å². The van der Waals surface area contributed by atoms with E-state index in [2.05, 4.69) is 15.6 Å². The summed E-state index contributed by atoms with van der Waals surface area (Å²) in [7, 11) is 0. The van der Waals surface area contributed by atoms with Gasteiger partial charge in [0.15, 0.2) is 0 Å². The van der Waals surface area contributed by atoms with Crippen molar-refractivity contribution < 1.29 is 18.8 Å². The number of imide groups is 1. The van der Waals surface area contributed by atoms with Crippen molar-refractivity contribution in [3.05, 3.63) is 51.7 Å². The molecule has 2 N–H and O–H groups in total. The van der Waals surface area contributed by atoms with Crippen molar-refractivity contribution in [3.8, 4) is 0 Å². The lowest BCUT2D eigenvalue weighted by Crippen LogP contribution is -2.43. The number of hydrogen-bond acceptors (Lipinski definition) is 5. The maximum Gasteiger partial charge on any atom is 0.325 e. The van der Waals surface area contributed by atoms with E-state index in [9.17, 15) is 18.8 Å². The molecule has 1 fully saturated rings. The summed E-state index contributed by atoms with van der Waals surface area (Å²) in [4.78, 5) is 42.1. The van der Waals surface area contributed by atoms with E-state index in [0.29, 0.717) is 5.56 Å². The first-order chi connectivity index (χ1) is 12.3. The number of thiazole rings is 1. The van der Waals surface area contributed by atoms with Gasteiger partial charge in [0.1, 0.15) is 22.9 Å². The minimum Gasteiger partial charge on any atom is -0.348 e. The van der Waals surface area contributed by atoms with E-state index < -0.39 is 35.7 Å². The molecule has 26 heavy (non-hydrogen) atoms. The van der Waals surface area contributed by atoms with Crippen LogP contribution in [-0.4, -0.2) is 34.3 Å². The molecule has 0 aliphatic carbocycles. The first-order valence-corrected chi connectivity index (χ1v) is 8.75. The van der Waals surface area contributed by atoms with Gasteiger partial charge in [0, 0.05) is 11.1 Å². The van der Waals surface area contributed by atoms with Crippen molar-refractivity contribution in [2.45, 2.75) is 25.9 Å². The third kappa shape index (κ3) is 3.43. The normalized spacial score (nSPS) is 19.6. The Kier molecular flexibility index (Phi) is 4.73. The highest BCUT2D eigenvalue weighted by atomic mass is 32.1. The zero-order valence-electron chi connectivity index (χ0n) is 14.2. The van der Waals surface area contributed by atoms with Gasteiger partial charge in [0.2, 0.25) is 5.91 Å². The molecule has 1 aromatic heterocycles. The zero-order valence-corrected chi connectivity index (χ0v) is 15.0. The molecule has 2 heterocycles. The van der Waals surface area contributed by atoms with Gasteiger partial charge < -0.3 is 10.6 Å². The van der Waals surface area contributed by atoms with Crippen LogP contribution >= 0.6 is 11.3 Å². The predicted molar refractivity (Wildman–Crippen MR) is 92.7 cm³/mol. The van der Waals surface area contributed by atoms with Crippen LogP contribution in [-0.2, 0) is 21.7 Å². The Morgan fingerprint density at radius 3 is 2.65 bits per heavy atom. The lowest BCUT2D eigenvalue weighted by atomic mass is 9.92. The molecule has 1 aromatic carbocycles. The van der Waals surface area contributed by atoms with Gasteiger partial charge >= 0.3 is 6.03 Å². The van der Waals surface area contributed by atoms with Gasteiger partial charge in [0.25, 0.3) is 5.91 Å². The number of benzene rings is 1. The number of hydrogen-bond donors (Lipinski definition) is 2. The van der Waals surface area contributed by atoms with Gasteiger partial charge in [-0.3, -0.25) is 14.5 Å². The van der Waals surface area contributed by atoms with Crippen molar-refractivity contribution in [1.29, 1.82) is 0 Å². The molecule has 136 valence electrons. The summed E-state index contributed by atoms with van der Waals surface area (Å²) < 4.78 is 13.1. The third-order valence-corrected chi connectivity index (χ3v) is 5.07. The van der Waals surface area contributed by atoms with Crippen molar-refractivity contribution in [3.63, 3.8) is 0 Å². The van der Waals surface area contributed by atoms with E-state index in [4.69, 9.17) is 0 Å². The Morgan fingerprint density at radius 1 is 1.35 bits per heavy atom. The molecule has 1 atom stereocenters. The summed E-state index contributed by atoms with van der Waals surface area (Å²) in [6.45, 7) is 3.21. The lowest BCUT2D eigenvalue weighted by Gasteiger charge is -2.22. The summed E-state index contributed by atoms with van der Waals surface area (Å²) >= 11 is 1.42. The fourth-order valence-electron chi connectivity index (χ4n) is 2.68. The van der Waals surface area contributed by atoms with Crippen LogP contribution in [0.2, 0.25) is 0 Å². The second-order valence-electron chi connectivity index (χ2n) is 6.11. The van der Waals surface area contributed by atoms with Gasteiger partial charge in [-0.25, -0.2) is 14.2 Å². The predicted octanol–water partition coefficient (Wildman–Crippen LogP) is 1.67. The van der Waals surface area contributed by atoms with Crippen LogP contribution in [0.3, 0.4) is 0 Å². The molecule has 0 unspecified atom stereocenters. The Hall–Kier alpha value is -2.81. The number of rotatable bonds is 5. The van der Waals surface area contributed by atoms with E-state index >= 15 is 0 Å². The molecule has 1 aliphatic heterocycles. The molecule has 0 saturated carbocycles. The molecule has 1 saturated heterocycles. The van der Waals surface area contributed by atoms with Gasteiger partial charge in [-0.1, -0.05) is 12.1 Å². The number of aromatic nitrogens is 1. The van der Waals surface area contributed by atoms with Crippen molar-refractivity contribution in [2.75, 3.05) is 6.54 Å². The average molecular weight is 376 g/mol. The molecule has 7 nitrogen and oxygen atoms in total. The van der Waals surface area contributed by atoms with Gasteiger partial charge in [-0.15, -0.1) is 11.3 Å². The van der Waals surface area contributed by atoms with E-state index in [1.165, 1.54) is 42.5 Å². The number of halogens is 1. The van der Waals surface area contributed by atoms with Gasteiger partial charge in [-0.2, -0.15) is 0 Å². The Morgan fingerprint density at radius 2 is 2.04 bits per heavy atom. The summed E-state index contributed by atoms with van der Waals surface area (Å²) in [5.41, 5.74) is -0.0286. The van der Waals surface area contributed by atoms with Crippen LogP contribution in [0.4, 0.5) is 9.18 Å². The number of aryl methyl sites for hydroxylation is 1. The van der Waals surface area contributed by atoms with Crippen LogP contribution in [0, 0.1) is 12.7 Å². The summed E-state index contributed by atoms with van der Waals surface area (Å²) in [5.74, 6) is -1.47. The number of carbonyl (C=O) groups excluding carboxylic acids is 3. The second kappa shape index (κ2) is 6.83. The highest BCUT2D eigenvalue weighted by Gasteiger charge is 2.49. The highest BCUT2D eigenvalue weighted by Crippen LogP contribution is 2.28. The minimum atomic E-state index is -1.34. The minimum absolute atomic E-state index is 0.232. The van der Waals surface area contributed by atoms with Crippen LogP contribution < -0.4 is 10.6 Å². The van der Waals surface area contributed by atoms with E-state index in [-0.39, 0.29) is 6.54 Å². The number of nitrogens with one attached hydrogen (secondary N) is 2. The Labute approximate surface area is 153 Å². The smallest absolute Gasteiger partial charge is 0.325 e. The number of amides is 4. The SMILES string of the molecule is Cc1csc(CNC(=O)CN2C(=O)N[C@@](C)(c3ccc(F)cc3)C2=O)n1. The summed E-state index contributed by atoms with van der Waals surface area (Å²) in [6, 6.07) is 4.63. The molecule has 0 spiro atoms. The molecule has 0 radical (unpaired) electrons. The largest absolute Gasteiger partial charge is 0.348 e. The molecular formula is C17H17FN4O3S. The molecule has 0 bridgehead atoms. The number of urea groups is 1. The summed E-state index contributed by atoms with van der Waals surface area (Å²) in [5, 5.41) is 7.82. The fourth-order valence-corrected chi connectivity index (χ4v) is 3.39. The second-order valence-corrected chi connectivity index (χ2v) is 7.06. The fraction of sp³-hybridized carbons (Fsp3) is 0.294. The highest BCUT2D eigenvalue weighted by molar-refractivity contribution is 7.09. The summed E-state index contributed by atoms with van der Waals surface area (Å²) in [6.07, 6.45) is 0. The van der Waals surface area contributed by atoms with Crippen LogP contribution in [0.15, 0.2) is 29.6 Å². The molecule has 9 heteroatoms. The maximum absolute atomic E-state index is 13.1. The number of nitrogens with zero attached hydrogens (tertiary/aromatic N) is 2. The quantitative estimate of drug-likeness (QED) is 0.777. The standard InChI is InChI=1S/C17H17FN4O3S/c1-10-9-26-14(20-10)7-19-13(23)8-22-15(24)17(2,21-16(22)25)11-3-5-12(18)6-4-11/h3-6,9H,7-8H2,1-2H3,(H,19,23)(H,21,25)/t17-/m0/s1. The van der Waals surface area contributed by atoms with Gasteiger partial charge in [-0.05, 0) is 31.5 Å². The van der Waals surface area contributed by atoms with Crippen LogP contribution in [0.5, 0.6) is 0 Å². The third-order valence-electron chi connectivity index (χ3n) is 4.10. The first-order valence-electron chi connectivity index (χ1n) is 7.87. The van der Waals surface area contributed by atoms with E-state index in [1.807, 2.05) is 12.3 Å². The Bertz CT molecular complexity index is 867. The van der Waals surface area contributed by atoms with Crippen LogP contribution in [0.25, 0.3) is 0 Å². The molecule has 1 aliphatic rings. The maximum atomic E-state index is 13.1. The molecule has 4 amide bonds. The van der Waals surface area contributed by atoms with Crippen molar-refractivity contribution in [1.82, 2.24) is 20.5 Å². The van der Waals surface area contributed by atoms with Gasteiger partial charge in [0.05, 0.1) is 6.54 Å². The topological polar surface area (TPSA) is 91.4 Å². The van der Waals surface area contributed by atoms with E-state index in [0.717, 1.165) is 15.6 Å². The van der Waals surface area contributed by atoms with Crippen LogP contribution in [0.1, 0.15) is 23.2 Å². The van der Waals surface area contributed by atoms with E-state index in [1.54, 1.807) is 0 Å². The molecule has 3 rings (SSSR count). The monoisotopic (exact) mass is 376 g/mol. The lowest BCUT2D eigenvalue weighted by molar-refractivity contribution is -0.134. The Balaban J connectivity index is 1.66.